The van der Waals surface area contributed by atoms with Gasteiger partial charge >= 0.3 is 6.18 Å². The Morgan fingerprint density at radius 3 is 2.26 bits per heavy atom. The van der Waals surface area contributed by atoms with Crippen LogP contribution in [-0.2, 0) is 19.1 Å². The van der Waals surface area contributed by atoms with Crippen LogP contribution in [0.1, 0.15) is 35.3 Å². The number of ether oxygens (including phenoxy) is 1. The molecule has 1 aliphatic rings. The van der Waals surface area contributed by atoms with Gasteiger partial charge in [-0.25, -0.2) is 0 Å². The molecule has 1 aliphatic heterocycles. The summed E-state index contributed by atoms with van der Waals surface area (Å²) < 4.78 is 44.8. The molecule has 3 aromatic carbocycles. The van der Waals surface area contributed by atoms with Crippen LogP contribution in [0.4, 0.5) is 13.2 Å². The molecular weight excluding hydrogens is 503 g/mol. The van der Waals surface area contributed by atoms with E-state index in [0.29, 0.717) is 6.61 Å². The average Bonchev–Trinajstić information content (AvgIpc) is 2.94. The van der Waals surface area contributed by atoms with Crippen molar-refractivity contribution in [1.29, 1.82) is 0 Å². The maximum Gasteiger partial charge on any atom is 0.416 e. The predicted octanol–water partition coefficient (Wildman–Crippen LogP) is 5.16. The number of benzene rings is 3. The number of halogens is 3. The Balaban J connectivity index is 1.12. The van der Waals surface area contributed by atoms with Gasteiger partial charge in [0.05, 0.1) is 11.7 Å². The lowest BCUT2D eigenvalue weighted by Gasteiger charge is -2.34. The summed E-state index contributed by atoms with van der Waals surface area (Å²) in [5.74, 6) is 0.835. The molecule has 210 valence electrons. The van der Waals surface area contributed by atoms with Crippen molar-refractivity contribution >= 4 is 0 Å². The Morgan fingerprint density at radius 2 is 1.56 bits per heavy atom. The molecule has 0 spiro atoms. The predicted molar refractivity (Wildman–Crippen MR) is 148 cm³/mol. The lowest BCUT2D eigenvalue weighted by atomic mass is 10.0. The summed E-state index contributed by atoms with van der Waals surface area (Å²) >= 11 is 0. The van der Waals surface area contributed by atoms with Crippen LogP contribution in [0.5, 0.6) is 5.75 Å². The summed E-state index contributed by atoms with van der Waals surface area (Å²) in [6.45, 7) is 8.92. The monoisotopic (exact) mass is 541 g/mol. The lowest BCUT2D eigenvalue weighted by Crippen LogP contribution is -2.47. The van der Waals surface area contributed by atoms with Gasteiger partial charge < -0.3 is 15.2 Å². The Labute approximate surface area is 229 Å². The van der Waals surface area contributed by atoms with E-state index in [1.807, 2.05) is 31.2 Å². The second-order valence-electron chi connectivity index (χ2n) is 10.2. The van der Waals surface area contributed by atoms with E-state index in [2.05, 4.69) is 45.4 Å². The van der Waals surface area contributed by atoms with E-state index in [1.54, 1.807) is 0 Å². The van der Waals surface area contributed by atoms with Crippen LogP contribution in [0.15, 0.2) is 78.9 Å². The zero-order valence-corrected chi connectivity index (χ0v) is 22.4. The molecule has 0 aromatic heterocycles. The minimum Gasteiger partial charge on any atom is -0.492 e. The number of piperazine rings is 1. The van der Waals surface area contributed by atoms with Gasteiger partial charge in [-0.15, -0.1) is 0 Å². The molecule has 0 radical (unpaired) electrons. The summed E-state index contributed by atoms with van der Waals surface area (Å²) in [6.07, 6.45) is -4.72. The quantitative estimate of drug-likeness (QED) is 0.332. The molecule has 4 rings (SSSR count). The number of hydrogen-bond acceptors (Lipinski definition) is 5. The van der Waals surface area contributed by atoms with Gasteiger partial charge in [0.25, 0.3) is 0 Å². The molecule has 0 saturated carbocycles. The molecule has 5 nitrogen and oxygen atoms in total. The summed E-state index contributed by atoms with van der Waals surface area (Å²) in [6, 6.07) is 23.5. The molecule has 1 heterocycles. The van der Waals surface area contributed by atoms with Gasteiger partial charge in [-0.05, 0) is 54.3 Å². The van der Waals surface area contributed by atoms with Crippen molar-refractivity contribution in [3.63, 3.8) is 0 Å². The third-order valence-electron chi connectivity index (χ3n) is 7.11. The fourth-order valence-electron chi connectivity index (χ4n) is 4.81. The molecule has 39 heavy (non-hydrogen) atoms. The van der Waals surface area contributed by atoms with Crippen LogP contribution in [0, 0.1) is 0 Å². The minimum absolute atomic E-state index is 0.0396. The first-order valence-electron chi connectivity index (χ1n) is 13.6. The fraction of sp³-hybridized carbons (Fsp3) is 0.419. The van der Waals surface area contributed by atoms with Crippen LogP contribution in [0.25, 0.3) is 0 Å². The van der Waals surface area contributed by atoms with Crippen LogP contribution in [0.2, 0.25) is 0 Å². The summed E-state index contributed by atoms with van der Waals surface area (Å²) in [5.41, 5.74) is 1.97. The fourth-order valence-corrected chi connectivity index (χ4v) is 4.81. The van der Waals surface area contributed by atoms with Gasteiger partial charge in [0.1, 0.15) is 12.4 Å². The minimum atomic E-state index is -4.43. The van der Waals surface area contributed by atoms with Crippen molar-refractivity contribution in [1.82, 2.24) is 15.1 Å². The van der Waals surface area contributed by atoms with Gasteiger partial charge in [0.15, 0.2) is 0 Å². The lowest BCUT2D eigenvalue weighted by molar-refractivity contribution is -0.137. The summed E-state index contributed by atoms with van der Waals surface area (Å²) in [4.78, 5) is 4.93. The van der Waals surface area contributed by atoms with Gasteiger partial charge in [-0.1, -0.05) is 54.6 Å². The van der Waals surface area contributed by atoms with Crippen molar-refractivity contribution in [3.8, 4) is 5.75 Å². The highest BCUT2D eigenvalue weighted by molar-refractivity contribution is 5.28. The molecule has 1 fully saturated rings. The second kappa shape index (κ2) is 13.9. The standard InChI is InChI=1S/C31H38F3N3O2/c1-24(35-22-30(38)27-8-5-9-28(21-27)31(32,33)34)20-25-10-12-29(13-11-25)39-19-18-36-14-16-37(17-15-36)23-26-6-3-2-4-7-26/h2-13,21,24,30,35,38H,14-20,22-23H2,1H3. The molecule has 3 aromatic rings. The number of aliphatic hydroxyl groups is 1. The topological polar surface area (TPSA) is 48.0 Å². The summed E-state index contributed by atoms with van der Waals surface area (Å²) in [5, 5.41) is 13.6. The third-order valence-corrected chi connectivity index (χ3v) is 7.11. The molecule has 2 atom stereocenters. The Morgan fingerprint density at radius 1 is 0.872 bits per heavy atom. The van der Waals surface area contributed by atoms with Crippen LogP contribution in [0.3, 0.4) is 0 Å². The number of hydrogen-bond donors (Lipinski definition) is 2. The van der Waals surface area contributed by atoms with E-state index in [-0.39, 0.29) is 18.2 Å². The Bertz CT molecular complexity index is 1130. The van der Waals surface area contributed by atoms with Crippen molar-refractivity contribution in [3.05, 3.63) is 101 Å². The normalized spacial score (nSPS) is 16.6. The van der Waals surface area contributed by atoms with Gasteiger partial charge in [-0.3, -0.25) is 9.80 Å². The number of rotatable bonds is 12. The molecule has 1 saturated heterocycles. The van der Waals surface area contributed by atoms with Crippen molar-refractivity contribution < 1.29 is 23.0 Å². The zero-order chi connectivity index (χ0) is 27.7. The first-order valence-corrected chi connectivity index (χ1v) is 13.6. The molecule has 0 amide bonds. The Hall–Kier alpha value is -2.91. The largest absolute Gasteiger partial charge is 0.492 e. The second-order valence-corrected chi connectivity index (χ2v) is 10.2. The van der Waals surface area contributed by atoms with Crippen molar-refractivity contribution in [2.45, 2.75) is 38.2 Å². The van der Waals surface area contributed by atoms with E-state index in [0.717, 1.165) is 69.1 Å². The number of nitrogens with one attached hydrogen (secondary N) is 1. The van der Waals surface area contributed by atoms with Crippen LogP contribution in [-0.4, -0.2) is 66.8 Å². The number of aliphatic hydroxyl groups excluding tert-OH is 1. The van der Waals surface area contributed by atoms with E-state index in [1.165, 1.54) is 17.7 Å². The molecular formula is C31H38F3N3O2. The third kappa shape index (κ3) is 9.35. The van der Waals surface area contributed by atoms with E-state index >= 15 is 0 Å². The van der Waals surface area contributed by atoms with Gasteiger partial charge in [-0.2, -0.15) is 13.2 Å². The Kier molecular flexibility index (Phi) is 10.4. The highest BCUT2D eigenvalue weighted by atomic mass is 19.4. The molecule has 2 N–H and O–H groups in total. The van der Waals surface area contributed by atoms with Gasteiger partial charge in [0.2, 0.25) is 0 Å². The van der Waals surface area contributed by atoms with Crippen molar-refractivity contribution in [2.24, 2.45) is 0 Å². The maximum atomic E-state index is 12.9. The van der Waals surface area contributed by atoms with E-state index < -0.39 is 17.8 Å². The summed E-state index contributed by atoms with van der Waals surface area (Å²) in [7, 11) is 0. The zero-order valence-electron chi connectivity index (χ0n) is 22.4. The first kappa shape index (κ1) is 29.1. The number of nitrogens with zero attached hydrogens (tertiary/aromatic N) is 2. The SMILES string of the molecule is CC(Cc1ccc(OCCN2CCN(Cc3ccccc3)CC2)cc1)NCC(O)c1cccc(C(F)(F)F)c1. The van der Waals surface area contributed by atoms with Crippen LogP contribution >= 0.6 is 0 Å². The number of alkyl halides is 3. The molecule has 0 aliphatic carbocycles. The highest BCUT2D eigenvalue weighted by Gasteiger charge is 2.30. The molecule has 0 bridgehead atoms. The smallest absolute Gasteiger partial charge is 0.416 e. The van der Waals surface area contributed by atoms with Crippen LogP contribution < -0.4 is 10.1 Å². The van der Waals surface area contributed by atoms with Crippen molar-refractivity contribution in [2.75, 3.05) is 45.9 Å². The van der Waals surface area contributed by atoms with Gasteiger partial charge in [0, 0.05) is 51.9 Å². The first-order chi connectivity index (χ1) is 18.8. The van der Waals surface area contributed by atoms with E-state index in [9.17, 15) is 18.3 Å². The molecule has 2 unspecified atom stereocenters. The maximum absolute atomic E-state index is 12.9. The van der Waals surface area contributed by atoms with E-state index in [4.69, 9.17) is 4.74 Å². The molecule has 8 heteroatoms. The highest BCUT2D eigenvalue weighted by Crippen LogP contribution is 2.30. The average molecular weight is 542 g/mol.